The minimum Gasteiger partial charge on any atom is -0.326 e. The second kappa shape index (κ2) is 7.12. The summed E-state index contributed by atoms with van der Waals surface area (Å²) < 4.78 is 2.35. The summed E-state index contributed by atoms with van der Waals surface area (Å²) in [6, 6.07) is 12.3. The zero-order valence-corrected chi connectivity index (χ0v) is 14.9. The molecule has 132 valence electrons. The fourth-order valence-electron chi connectivity index (χ4n) is 3.71. The number of nitrogens with one attached hydrogen (secondary N) is 1. The van der Waals surface area contributed by atoms with Crippen LogP contribution in [0.4, 0.5) is 5.69 Å². The number of imidazole rings is 1. The molecule has 3 aromatic rings. The maximum atomic E-state index is 12.2. The number of nitrogens with zero attached hydrogens (tertiary/aromatic N) is 3. The van der Waals surface area contributed by atoms with Crippen molar-refractivity contribution in [3.05, 3.63) is 77.6 Å². The molecule has 5 heteroatoms. The molecular formula is C21H22N4O. The molecule has 0 fully saturated rings. The molecule has 0 radical (unpaired) electrons. The molecule has 2 aromatic heterocycles. The van der Waals surface area contributed by atoms with Crippen LogP contribution in [0, 0.1) is 6.92 Å². The number of aryl methyl sites for hydroxylation is 2. The minimum absolute atomic E-state index is 0.0313. The van der Waals surface area contributed by atoms with Crippen molar-refractivity contribution in [2.75, 3.05) is 5.32 Å². The molecule has 1 aliphatic heterocycles. The number of benzene rings is 1. The molecule has 0 aliphatic carbocycles. The molecule has 3 heterocycles. The maximum absolute atomic E-state index is 12.2. The number of carbonyl (C=O) groups excluding carboxylic acids is 1. The van der Waals surface area contributed by atoms with E-state index in [-0.39, 0.29) is 5.91 Å². The molecule has 0 spiro atoms. The monoisotopic (exact) mass is 346 g/mol. The van der Waals surface area contributed by atoms with Gasteiger partial charge in [0.15, 0.2) is 0 Å². The average Bonchev–Trinajstić information content (AvgIpc) is 3.04. The third-order valence-electron chi connectivity index (χ3n) is 4.95. The van der Waals surface area contributed by atoms with Gasteiger partial charge in [0.1, 0.15) is 5.82 Å². The fraction of sp³-hybridized carbons (Fsp3) is 0.286. The Kier molecular flexibility index (Phi) is 4.52. The van der Waals surface area contributed by atoms with Crippen LogP contribution < -0.4 is 5.32 Å². The Bertz CT molecular complexity index is 900. The van der Waals surface area contributed by atoms with Crippen LogP contribution in [0.2, 0.25) is 0 Å². The van der Waals surface area contributed by atoms with Gasteiger partial charge in [-0.25, -0.2) is 4.98 Å². The standard InChI is InChI=1S/C21H22N4O/c1-15-23-14-19-5-2-6-20(25(15)19)17-7-9-18(10-8-17)24-21(26)12-16-4-3-11-22-13-16/h3-4,7-11,13-14,20H,2,5-6,12H2,1H3,(H,24,26)/t20-/m0/s1. The van der Waals surface area contributed by atoms with E-state index >= 15 is 0 Å². The molecule has 1 amide bonds. The van der Waals surface area contributed by atoms with Crippen molar-refractivity contribution in [3.63, 3.8) is 0 Å². The first-order valence-corrected chi connectivity index (χ1v) is 9.02. The lowest BCUT2D eigenvalue weighted by molar-refractivity contribution is -0.115. The lowest BCUT2D eigenvalue weighted by atomic mass is 9.96. The Hall–Kier alpha value is -2.95. The first-order chi connectivity index (χ1) is 12.7. The SMILES string of the molecule is Cc1ncc2n1[C@H](c1ccc(NC(=O)Cc3cccnc3)cc1)CCC2. The topological polar surface area (TPSA) is 59.8 Å². The number of hydrogen-bond donors (Lipinski definition) is 1. The Morgan fingerprint density at radius 3 is 2.85 bits per heavy atom. The number of fused-ring (bicyclic) bond motifs is 1. The molecule has 1 aliphatic rings. The van der Waals surface area contributed by atoms with Crippen LogP contribution >= 0.6 is 0 Å². The quantitative estimate of drug-likeness (QED) is 0.784. The molecule has 5 nitrogen and oxygen atoms in total. The van der Waals surface area contributed by atoms with Gasteiger partial charge < -0.3 is 9.88 Å². The Balaban J connectivity index is 1.46. The van der Waals surface area contributed by atoms with Crippen molar-refractivity contribution in [1.82, 2.24) is 14.5 Å². The van der Waals surface area contributed by atoms with E-state index in [1.54, 1.807) is 12.4 Å². The maximum Gasteiger partial charge on any atom is 0.228 e. The first-order valence-electron chi connectivity index (χ1n) is 9.02. The van der Waals surface area contributed by atoms with Gasteiger partial charge in [-0.05, 0) is 55.5 Å². The predicted octanol–water partition coefficient (Wildman–Crippen LogP) is 3.69. The number of anilines is 1. The van der Waals surface area contributed by atoms with E-state index in [4.69, 9.17) is 0 Å². The van der Waals surface area contributed by atoms with Gasteiger partial charge in [0.05, 0.1) is 12.5 Å². The number of hydrogen-bond acceptors (Lipinski definition) is 3. The molecular weight excluding hydrogens is 324 g/mol. The van der Waals surface area contributed by atoms with Crippen LogP contribution in [0.3, 0.4) is 0 Å². The van der Waals surface area contributed by atoms with Crippen LogP contribution in [0.25, 0.3) is 0 Å². The normalized spacial score (nSPS) is 16.1. The third kappa shape index (κ3) is 3.38. The van der Waals surface area contributed by atoms with Crippen LogP contribution in [-0.2, 0) is 17.6 Å². The average molecular weight is 346 g/mol. The van der Waals surface area contributed by atoms with Crippen molar-refractivity contribution in [3.8, 4) is 0 Å². The highest BCUT2D eigenvalue weighted by atomic mass is 16.1. The Morgan fingerprint density at radius 2 is 2.08 bits per heavy atom. The lowest BCUT2D eigenvalue weighted by Crippen LogP contribution is -2.20. The zero-order chi connectivity index (χ0) is 17.9. The zero-order valence-electron chi connectivity index (χ0n) is 14.9. The number of pyridine rings is 1. The van der Waals surface area contributed by atoms with Gasteiger partial charge in [-0.1, -0.05) is 18.2 Å². The summed E-state index contributed by atoms with van der Waals surface area (Å²) >= 11 is 0. The van der Waals surface area contributed by atoms with E-state index in [0.717, 1.165) is 29.9 Å². The van der Waals surface area contributed by atoms with E-state index in [1.165, 1.54) is 17.7 Å². The van der Waals surface area contributed by atoms with Crippen LogP contribution in [0.1, 0.15) is 41.5 Å². The van der Waals surface area contributed by atoms with Gasteiger partial charge in [-0.2, -0.15) is 0 Å². The number of carbonyl (C=O) groups is 1. The van der Waals surface area contributed by atoms with E-state index in [9.17, 15) is 4.79 Å². The van der Waals surface area contributed by atoms with Crippen molar-refractivity contribution < 1.29 is 4.79 Å². The summed E-state index contributed by atoms with van der Waals surface area (Å²) in [6.45, 7) is 2.06. The highest BCUT2D eigenvalue weighted by Crippen LogP contribution is 2.32. The van der Waals surface area contributed by atoms with E-state index in [0.29, 0.717) is 12.5 Å². The largest absolute Gasteiger partial charge is 0.326 e. The van der Waals surface area contributed by atoms with Crippen LogP contribution in [0.5, 0.6) is 0 Å². The number of rotatable bonds is 4. The molecule has 1 atom stereocenters. The van der Waals surface area contributed by atoms with Gasteiger partial charge >= 0.3 is 0 Å². The van der Waals surface area contributed by atoms with Gasteiger partial charge in [0, 0.05) is 30.0 Å². The van der Waals surface area contributed by atoms with Gasteiger partial charge in [-0.15, -0.1) is 0 Å². The van der Waals surface area contributed by atoms with Crippen molar-refractivity contribution in [2.45, 2.75) is 38.6 Å². The molecule has 0 unspecified atom stereocenters. The predicted molar refractivity (Wildman–Crippen MR) is 101 cm³/mol. The second-order valence-electron chi connectivity index (χ2n) is 6.78. The molecule has 0 saturated carbocycles. The van der Waals surface area contributed by atoms with Gasteiger partial charge in [0.25, 0.3) is 0 Å². The lowest BCUT2D eigenvalue weighted by Gasteiger charge is -2.27. The summed E-state index contributed by atoms with van der Waals surface area (Å²) in [7, 11) is 0. The summed E-state index contributed by atoms with van der Waals surface area (Å²) in [4.78, 5) is 20.7. The summed E-state index contributed by atoms with van der Waals surface area (Å²) in [5.41, 5.74) is 4.30. The van der Waals surface area contributed by atoms with E-state index in [1.807, 2.05) is 30.5 Å². The highest BCUT2D eigenvalue weighted by molar-refractivity contribution is 5.92. The van der Waals surface area contributed by atoms with Gasteiger partial charge in [0.2, 0.25) is 5.91 Å². The third-order valence-corrected chi connectivity index (χ3v) is 4.95. The minimum atomic E-state index is -0.0313. The molecule has 1 N–H and O–H groups in total. The first kappa shape index (κ1) is 16.5. The molecule has 0 bridgehead atoms. The number of aromatic nitrogens is 3. The highest BCUT2D eigenvalue weighted by Gasteiger charge is 2.23. The van der Waals surface area contributed by atoms with Gasteiger partial charge in [-0.3, -0.25) is 9.78 Å². The fourth-order valence-corrected chi connectivity index (χ4v) is 3.71. The molecule has 26 heavy (non-hydrogen) atoms. The molecule has 4 rings (SSSR count). The second-order valence-corrected chi connectivity index (χ2v) is 6.78. The summed E-state index contributed by atoms with van der Waals surface area (Å²) in [6.07, 6.45) is 9.15. The number of amides is 1. The van der Waals surface area contributed by atoms with E-state index < -0.39 is 0 Å². The van der Waals surface area contributed by atoms with E-state index in [2.05, 4.69) is 38.9 Å². The molecule has 0 saturated heterocycles. The van der Waals surface area contributed by atoms with Crippen LogP contribution in [0.15, 0.2) is 55.0 Å². The van der Waals surface area contributed by atoms with Crippen molar-refractivity contribution in [2.24, 2.45) is 0 Å². The smallest absolute Gasteiger partial charge is 0.228 e. The summed E-state index contributed by atoms with van der Waals surface area (Å²) in [5.74, 6) is 1.04. The van der Waals surface area contributed by atoms with Crippen molar-refractivity contribution >= 4 is 11.6 Å². The van der Waals surface area contributed by atoms with Crippen molar-refractivity contribution in [1.29, 1.82) is 0 Å². The Labute approximate surface area is 153 Å². The molecule has 1 aromatic carbocycles. The Morgan fingerprint density at radius 1 is 1.23 bits per heavy atom. The van der Waals surface area contributed by atoms with Crippen LogP contribution in [-0.4, -0.2) is 20.4 Å². The summed E-state index contributed by atoms with van der Waals surface area (Å²) in [5, 5.41) is 2.96.